The maximum atomic E-state index is 6.02. The Morgan fingerprint density at radius 3 is 2.76 bits per heavy atom. The lowest BCUT2D eigenvalue weighted by Crippen LogP contribution is -2.34. The largest absolute Gasteiger partial charge is 0.377 e. The summed E-state index contributed by atoms with van der Waals surface area (Å²) < 4.78 is 6.02. The zero-order valence-electron chi connectivity index (χ0n) is 13.3. The number of fused-ring (bicyclic) bond motifs is 1. The molecule has 0 aliphatic rings. The average Bonchev–Trinajstić information content (AvgIpc) is 2.52. The van der Waals surface area contributed by atoms with E-state index in [1.807, 2.05) is 12.4 Å². The van der Waals surface area contributed by atoms with E-state index in [2.05, 4.69) is 55.3 Å². The van der Waals surface area contributed by atoms with E-state index in [-0.39, 0.29) is 12.1 Å². The number of pyridine rings is 1. The fourth-order valence-corrected chi connectivity index (χ4v) is 2.91. The van der Waals surface area contributed by atoms with Gasteiger partial charge >= 0.3 is 0 Å². The molecule has 1 aromatic carbocycles. The van der Waals surface area contributed by atoms with Gasteiger partial charge in [-0.25, -0.2) is 0 Å². The smallest absolute Gasteiger partial charge is 0.0769 e. The van der Waals surface area contributed by atoms with Crippen molar-refractivity contribution in [3.05, 3.63) is 42.2 Å². The molecular weight excluding hydrogens is 260 g/mol. The highest BCUT2D eigenvalue weighted by atomic mass is 16.5. The van der Waals surface area contributed by atoms with E-state index < -0.39 is 0 Å². The molecule has 1 aromatic heterocycles. The first-order chi connectivity index (χ1) is 10.3. The highest BCUT2D eigenvalue weighted by Gasteiger charge is 2.23. The monoisotopic (exact) mass is 286 g/mol. The molecule has 2 unspecified atom stereocenters. The molecule has 0 fully saturated rings. The number of ether oxygens (including phenoxy) is 1. The van der Waals surface area contributed by atoms with Gasteiger partial charge in [0.05, 0.1) is 12.1 Å². The summed E-state index contributed by atoms with van der Waals surface area (Å²) in [6.45, 7) is 8.09. The molecule has 0 radical (unpaired) electrons. The van der Waals surface area contributed by atoms with Gasteiger partial charge in [-0.15, -0.1) is 0 Å². The number of hydrogen-bond donors (Lipinski definition) is 1. The van der Waals surface area contributed by atoms with E-state index in [1.54, 1.807) is 0 Å². The third-order valence-corrected chi connectivity index (χ3v) is 3.80. The highest BCUT2D eigenvalue weighted by Crippen LogP contribution is 2.29. The second-order valence-electron chi connectivity index (χ2n) is 5.26. The maximum absolute atomic E-state index is 6.02. The summed E-state index contributed by atoms with van der Waals surface area (Å²) in [6.07, 6.45) is 6.19. The number of hydrogen-bond acceptors (Lipinski definition) is 3. The molecule has 3 nitrogen and oxygen atoms in total. The Morgan fingerprint density at radius 1 is 1.19 bits per heavy atom. The van der Waals surface area contributed by atoms with Crippen molar-refractivity contribution in [3.8, 4) is 0 Å². The normalized spacial score (nSPS) is 14.2. The van der Waals surface area contributed by atoms with Crippen molar-refractivity contribution in [1.82, 2.24) is 10.3 Å². The third kappa shape index (κ3) is 3.80. The van der Waals surface area contributed by atoms with E-state index >= 15 is 0 Å². The molecular formula is C18H26N2O. The summed E-state index contributed by atoms with van der Waals surface area (Å²) in [4.78, 5) is 4.30. The average molecular weight is 286 g/mol. The van der Waals surface area contributed by atoms with Crippen molar-refractivity contribution in [2.24, 2.45) is 0 Å². The molecule has 0 saturated heterocycles. The van der Waals surface area contributed by atoms with Crippen molar-refractivity contribution in [1.29, 1.82) is 0 Å². The molecule has 114 valence electrons. The first-order valence-corrected chi connectivity index (χ1v) is 7.99. The van der Waals surface area contributed by atoms with E-state index in [0.29, 0.717) is 0 Å². The lowest BCUT2D eigenvalue weighted by atomic mass is 9.94. The van der Waals surface area contributed by atoms with Gasteiger partial charge in [0.1, 0.15) is 0 Å². The van der Waals surface area contributed by atoms with E-state index in [0.717, 1.165) is 26.0 Å². The minimum Gasteiger partial charge on any atom is -0.377 e. The molecule has 1 heterocycles. The molecule has 0 spiro atoms. The summed E-state index contributed by atoms with van der Waals surface area (Å²) in [7, 11) is 0. The van der Waals surface area contributed by atoms with Gasteiger partial charge in [-0.1, -0.05) is 38.5 Å². The number of nitrogens with zero attached hydrogens (tertiary/aromatic N) is 1. The zero-order valence-corrected chi connectivity index (χ0v) is 13.3. The summed E-state index contributed by atoms with van der Waals surface area (Å²) in [5, 5.41) is 6.06. The third-order valence-electron chi connectivity index (χ3n) is 3.80. The summed E-state index contributed by atoms with van der Waals surface area (Å²) in [5.41, 5.74) is 1.29. The molecule has 1 N–H and O–H groups in total. The Kier molecular flexibility index (Phi) is 6.15. The van der Waals surface area contributed by atoms with Gasteiger partial charge in [-0.2, -0.15) is 0 Å². The topological polar surface area (TPSA) is 34.1 Å². The maximum Gasteiger partial charge on any atom is 0.0769 e. The van der Waals surface area contributed by atoms with Crippen LogP contribution in [0.2, 0.25) is 0 Å². The first-order valence-electron chi connectivity index (χ1n) is 7.99. The minimum absolute atomic E-state index is 0.200. The van der Waals surface area contributed by atoms with Gasteiger partial charge in [0, 0.05) is 24.4 Å². The van der Waals surface area contributed by atoms with Crippen LogP contribution < -0.4 is 5.32 Å². The molecule has 0 aliphatic carbocycles. The van der Waals surface area contributed by atoms with Crippen molar-refractivity contribution in [2.75, 3.05) is 13.2 Å². The van der Waals surface area contributed by atoms with E-state index in [4.69, 9.17) is 4.74 Å². The summed E-state index contributed by atoms with van der Waals surface area (Å²) in [6, 6.07) is 8.73. The van der Waals surface area contributed by atoms with Gasteiger partial charge in [-0.3, -0.25) is 4.98 Å². The molecule has 2 rings (SSSR count). The molecule has 21 heavy (non-hydrogen) atoms. The van der Waals surface area contributed by atoms with Gasteiger partial charge in [0.25, 0.3) is 0 Å². The Morgan fingerprint density at radius 2 is 2.05 bits per heavy atom. The van der Waals surface area contributed by atoms with Crippen LogP contribution in [-0.2, 0) is 4.74 Å². The SMILES string of the molecule is CCCC(OCC)C(NCC)c1cccc2ccncc12. The van der Waals surface area contributed by atoms with Crippen molar-refractivity contribution >= 4 is 10.8 Å². The lowest BCUT2D eigenvalue weighted by Gasteiger charge is -2.29. The van der Waals surface area contributed by atoms with Crippen LogP contribution in [0, 0.1) is 0 Å². The Bertz CT molecular complexity index is 544. The van der Waals surface area contributed by atoms with Crippen molar-refractivity contribution in [2.45, 2.75) is 45.8 Å². The molecule has 3 heteroatoms. The standard InChI is InChI=1S/C18H26N2O/c1-4-8-17(21-6-3)18(20-5-2)15-10-7-9-14-11-12-19-13-16(14)15/h7,9-13,17-18,20H,4-6,8H2,1-3H3. The Hall–Kier alpha value is -1.45. The van der Waals surface area contributed by atoms with E-state index in [1.165, 1.54) is 16.3 Å². The number of likely N-dealkylation sites (N-methyl/N-ethyl adjacent to an activating group) is 1. The van der Waals surface area contributed by atoms with Crippen molar-refractivity contribution in [3.63, 3.8) is 0 Å². The fourth-order valence-electron chi connectivity index (χ4n) is 2.91. The Labute approximate surface area is 127 Å². The quantitative estimate of drug-likeness (QED) is 0.793. The second kappa shape index (κ2) is 8.11. The number of benzene rings is 1. The fraction of sp³-hybridized carbons (Fsp3) is 0.500. The van der Waals surface area contributed by atoms with Crippen LogP contribution in [0.4, 0.5) is 0 Å². The predicted octanol–water partition coefficient (Wildman–Crippen LogP) is 4.09. The van der Waals surface area contributed by atoms with Crippen LogP contribution in [0.25, 0.3) is 10.8 Å². The van der Waals surface area contributed by atoms with Crippen LogP contribution in [0.3, 0.4) is 0 Å². The minimum atomic E-state index is 0.200. The second-order valence-corrected chi connectivity index (χ2v) is 5.26. The molecule has 0 aliphatic heterocycles. The lowest BCUT2D eigenvalue weighted by molar-refractivity contribution is 0.0283. The van der Waals surface area contributed by atoms with Crippen LogP contribution in [0.5, 0.6) is 0 Å². The summed E-state index contributed by atoms with van der Waals surface area (Å²) in [5.74, 6) is 0. The van der Waals surface area contributed by atoms with Crippen LogP contribution in [0.1, 0.15) is 45.2 Å². The molecule has 0 amide bonds. The molecule has 2 atom stereocenters. The van der Waals surface area contributed by atoms with Crippen molar-refractivity contribution < 1.29 is 4.74 Å². The van der Waals surface area contributed by atoms with Gasteiger partial charge in [-0.05, 0) is 36.9 Å². The highest BCUT2D eigenvalue weighted by molar-refractivity contribution is 5.85. The van der Waals surface area contributed by atoms with Gasteiger partial charge < -0.3 is 10.1 Å². The first kappa shape index (κ1) is 15.9. The number of rotatable bonds is 8. The number of aromatic nitrogens is 1. The van der Waals surface area contributed by atoms with Crippen LogP contribution in [0.15, 0.2) is 36.7 Å². The Balaban J connectivity index is 2.43. The number of nitrogens with one attached hydrogen (secondary N) is 1. The molecule has 0 saturated carbocycles. The molecule has 0 bridgehead atoms. The zero-order chi connectivity index (χ0) is 15.1. The van der Waals surface area contributed by atoms with E-state index in [9.17, 15) is 0 Å². The predicted molar refractivity (Wildman–Crippen MR) is 88.5 cm³/mol. The van der Waals surface area contributed by atoms with Gasteiger partial charge in [0.15, 0.2) is 0 Å². The van der Waals surface area contributed by atoms with Crippen LogP contribution in [-0.4, -0.2) is 24.2 Å². The van der Waals surface area contributed by atoms with Crippen LogP contribution >= 0.6 is 0 Å². The molecule has 2 aromatic rings. The summed E-state index contributed by atoms with van der Waals surface area (Å²) >= 11 is 0. The van der Waals surface area contributed by atoms with Gasteiger partial charge in [0.2, 0.25) is 0 Å².